The standard InChI is InChI=1S/C11H14N2/c1-4-6-10-7-12-11(13-8-10)9(3)5-2/h5,7-8H,2-4,6H2,1H3. The van der Waals surface area contributed by atoms with Crippen LogP contribution in [0.1, 0.15) is 24.7 Å². The van der Waals surface area contributed by atoms with E-state index < -0.39 is 0 Å². The molecule has 0 spiro atoms. The van der Waals surface area contributed by atoms with E-state index >= 15 is 0 Å². The fourth-order valence-electron chi connectivity index (χ4n) is 1.03. The molecule has 0 N–H and O–H groups in total. The van der Waals surface area contributed by atoms with Gasteiger partial charge in [-0.2, -0.15) is 0 Å². The lowest BCUT2D eigenvalue weighted by molar-refractivity contribution is 0.897. The van der Waals surface area contributed by atoms with Gasteiger partial charge in [-0.25, -0.2) is 9.97 Å². The summed E-state index contributed by atoms with van der Waals surface area (Å²) in [5.74, 6) is 0.662. The largest absolute Gasteiger partial charge is 0.236 e. The molecule has 0 aliphatic rings. The molecular weight excluding hydrogens is 160 g/mol. The third kappa shape index (κ3) is 2.51. The van der Waals surface area contributed by atoms with E-state index in [-0.39, 0.29) is 0 Å². The summed E-state index contributed by atoms with van der Waals surface area (Å²) in [5.41, 5.74) is 1.94. The Balaban J connectivity index is 2.80. The Morgan fingerprint density at radius 3 is 2.54 bits per heavy atom. The highest BCUT2D eigenvalue weighted by Crippen LogP contribution is 2.07. The third-order valence-corrected chi connectivity index (χ3v) is 1.78. The number of allylic oxidation sites excluding steroid dienone is 2. The highest BCUT2D eigenvalue weighted by molar-refractivity contribution is 5.65. The lowest BCUT2D eigenvalue weighted by Crippen LogP contribution is -1.93. The molecule has 0 saturated carbocycles. The fourth-order valence-corrected chi connectivity index (χ4v) is 1.03. The van der Waals surface area contributed by atoms with Crippen LogP contribution < -0.4 is 0 Å². The van der Waals surface area contributed by atoms with Crippen LogP contribution in [0.4, 0.5) is 0 Å². The summed E-state index contributed by atoms with van der Waals surface area (Å²) in [6.45, 7) is 9.53. The second kappa shape index (κ2) is 4.55. The fraction of sp³-hybridized carbons (Fsp3) is 0.273. The molecule has 0 amide bonds. The Hall–Kier alpha value is -1.44. The summed E-state index contributed by atoms with van der Waals surface area (Å²) in [4.78, 5) is 8.37. The molecule has 0 aliphatic heterocycles. The van der Waals surface area contributed by atoms with Gasteiger partial charge in [-0.1, -0.05) is 32.6 Å². The van der Waals surface area contributed by atoms with Crippen LogP contribution in [0.25, 0.3) is 5.57 Å². The summed E-state index contributed by atoms with van der Waals surface area (Å²) < 4.78 is 0. The number of aryl methyl sites for hydroxylation is 1. The van der Waals surface area contributed by atoms with Gasteiger partial charge in [0, 0.05) is 18.0 Å². The maximum absolute atomic E-state index is 4.19. The van der Waals surface area contributed by atoms with Crippen molar-refractivity contribution in [3.8, 4) is 0 Å². The molecule has 0 atom stereocenters. The van der Waals surface area contributed by atoms with Crippen molar-refractivity contribution in [2.75, 3.05) is 0 Å². The monoisotopic (exact) mass is 174 g/mol. The molecule has 68 valence electrons. The van der Waals surface area contributed by atoms with Crippen LogP contribution in [0.15, 0.2) is 31.6 Å². The Labute approximate surface area is 79.0 Å². The van der Waals surface area contributed by atoms with Gasteiger partial charge in [0.05, 0.1) is 0 Å². The van der Waals surface area contributed by atoms with Gasteiger partial charge in [-0.15, -0.1) is 0 Å². The van der Waals surface area contributed by atoms with Crippen LogP contribution in [0.3, 0.4) is 0 Å². The Morgan fingerprint density at radius 1 is 1.46 bits per heavy atom. The van der Waals surface area contributed by atoms with E-state index in [0.29, 0.717) is 5.82 Å². The number of rotatable bonds is 4. The summed E-state index contributed by atoms with van der Waals surface area (Å²) in [7, 11) is 0. The van der Waals surface area contributed by atoms with Crippen LogP contribution in [-0.4, -0.2) is 9.97 Å². The van der Waals surface area contributed by atoms with Crippen molar-refractivity contribution in [3.63, 3.8) is 0 Å². The lowest BCUT2D eigenvalue weighted by atomic mass is 10.2. The molecule has 0 bridgehead atoms. The van der Waals surface area contributed by atoms with Gasteiger partial charge >= 0.3 is 0 Å². The predicted molar refractivity (Wildman–Crippen MR) is 55.3 cm³/mol. The van der Waals surface area contributed by atoms with Crippen LogP contribution >= 0.6 is 0 Å². The van der Waals surface area contributed by atoms with E-state index in [9.17, 15) is 0 Å². The van der Waals surface area contributed by atoms with Crippen molar-refractivity contribution in [2.45, 2.75) is 19.8 Å². The third-order valence-electron chi connectivity index (χ3n) is 1.78. The highest BCUT2D eigenvalue weighted by atomic mass is 14.9. The quantitative estimate of drug-likeness (QED) is 0.656. The minimum Gasteiger partial charge on any atom is -0.236 e. The molecule has 2 nitrogen and oxygen atoms in total. The summed E-state index contributed by atoms with van der Waals surface area (Å²) >= 11 is 0. The van der Waals surface area contributed by atoms with Gasteiger partial charge in [0.15, 0.2) is 5.82 Å². The smallest absolute Gasteiger partial charge is 0.158 e. The SMILES string of the molecule is C=CC(=C)c1ncc(CCC)cn1. The molecule has 0 unspecified atom stereocenters. The molecular formula is C11H14N2. The molecule has 0 saturated heterocycles. The first kappa shape index (κ1) is 9.65. The Bertz CT molecular complexity index is 298. The summed E-state index contributed by atoms with van der Waals surface area (Å²) in [6.07, 6.45) is 7.50. The molecule has 0 radical (unpaired) electrons. The van der Waals surface area contributed by atoms with E-state index in [2.05, 4.69) is 30.0 Å². The normalized spacial score (nSPS) is 9.62. The molecule has 1 rings (SSSR count). The maximum Gasteiger partial charge on any atom is 0.158 e. The number of aromatic nitrogens is 2. The minimum absolute atomic E-state index is 0.662. The topological polar surface area (TPSA) is 25.8 Å². The summed E-state index contributed by atoms with van der Waals surface area (Å²) in [6, 6.07) is 0. The van der Waals surface area contributed by atoms with Crippen molar-refractivity contribution in [1.29, 1.82) is 0 Å². The number of hydrogen-bond donors (Lipinski definition) is 0. The van der Waals surface area contributed by atoms with E-state index in [1.54, 1.807) is 6.08 Å². The summed E-state index contributed by atoms with van der Waals surface area (Å²) in [5, 5.41) is 0. The molecule has 1 heterocycles. The lowest BCUT2D eigenvalue weighted by Gasteiger charge is -2.00. The molecule has 2 heteroatoms. The predicted octanol–water partition coefficient (Wildman–Crippen LogP) is 2.63. The average Bonchev–Trinajstić information content (AvgIpc) is 2.18. The Kier molecular flexibility index (Phi) is 3.38. The van der Waals surface area contributed by atoms with Gasteiger partial charge < -0.3 is 0 Å². The average molecular weight is 174 g/mol. The van der Waals surface area contributed by atoms with Crippen molar-refractivity contribution in [3.05, 3.63) is 43.0 Å². The maximum atomic E-state index is 4.19. The molecule has 0 fully saturated rings. The van der Waals surface area contributed by atoms with E-state index in [4.69, 9.17) is 0 Å². The van der Waals surface area contributed by atoms with Gasteiger partial charge in [0.25, 0.3) is 0 Å². The van der Waals surface area contributed by atoms with Crippen LogP contribution in [0.2, 0.25) is 0 Å². The van der Waals surface area contributed by atoms with Crippen LogP contribution in [-0.2, 0) is 6.42 Å². The van der Waals surface area contributed by atoms with Gasteiger partial charge in [-0.05, 0) is 12.0 Å². The molecule has 1 aromatic rings. The van der Waals surface area contributed by atoms with Gasteiger partial charge in [0.1, 0.15) is 0 Å². The molecule has 13 heavy (non-hydrogen) atoms. The first-order valence-corrected chi connectivity index (χ1v) is 4.40. The molecule has 0 aromatic carbocycles. The van der Waals surface area contributed by atoms with Gasteiger partial charge in [0.2, 0.25) is 0 Å². The van der Waals surface area contributed by atoms with E-state index in [0.717, 1.165) is 18.4 Å². The first-order chi connectivity index (χ1) is 6.27. The highest BCUT2D eigenvalue weighted by Gasteiger charge is 1.97. The van der Waals surface area contributed by atoms with Crippen molar-refractivity contribution < 1.29 is 0 Å². The number of hydrogen-bond acceptors (Lipinski definition) is 2. The molecule has 0 aliphatic carbocycles. The van der Waals surface area contributed by atoms with Crippen molar-refractivity contribution in [2.24, 2.45) is 0 Å². The van der Waals surface area contributed by atoms with E-state index in [1.807, 2.05) is 12.4 Å². The first-order valence-electron chi connectivity index (χ1n) is 4.40. The Morgan fingerprint density at radius 2 is 2.08 bits per heavy atom. The number of nitrogens with zero attached hydrogens (tertiary/aromatic N) is 2. The van der Waals surface area contributed by atoms with Crippen molar-refractivity contribution in [1.82, 2.24) is 9.97 Å². The van der Waals surface area contributed by atoms with E-state index in [1.165, 1.54) is 5.56 Å². The van der Waals surface area contributed by atoms with Gasteiger partial charge in [-0.3, -0.25) is 0 Å². The minimum atomic E-state index is 0.662. The van der Waals surface area contributed by atoms with Crippen molar-refractivity contribution >= 4 is 5.57 Å². The zero-order valence-corrected chi connectivity index (χ0v) is 7.95. The zero-order chi connectivity index (χ0) is 9.68. The van der Waals surface area contributed by atoms with Crippen LogP contribution in [0.5, 0.6) is 0 Å². The zero-order valence-electron chi connectivity index (χ0n) is 7.95. The second-order valence-electron chi connectivity index (χ2n) is 2.89. The van der Waals surface area contributed by atoms with Crippen LogP contribution in [0, 0.1) is 0 Å². The molecule has 1 aromatic heterocycles. The second-order valence-corrected chi connectivity index (χ2v) is 2.89.